The van der Waals surface area contributed by atoms with Crippen LogP contribution in [0.4, 0.5) is 0 Å². The molecule has 2 heterocycles. The van der Waals surface area contributed by atoms with Gasteiger partial charge in [-0.05, 0) is 81.2 Å². The van der Waals surface area contributed by atoms with Crippen molar-refractivity contribution >= 4 is 49.1 Å². The van der Waals surface area contributed by atoms with Crippen LogP contribution < -0.4 is 0 Å². The van der Waals surface area contributed by atoms with Crippen LogP contribution in [0.2, 0.25) is 0 Å². The van der Waals surface area contributed by atoms with Gasteiger partial charge in [-0.25, -0.2) is 15.0 Å². The molecule has 4 nitrogen and oxygen atoms in total. The zero-order valence-electron chi connectivity index (χ0n) is 41.5. The Bertz CT molecular complexity index is 3600. The lowest BCUT2D eigenvalue weighted by molar-refractivity contribution is 0.669. The summed E-state index contributed by atoms with van der Waals surface area (Å²) in [6.45, 7) is 0. The summed E-state index contributed by atoms with van der Waals surface area (Å²) in [6, 6.07) is 2.66. The third-order valence-electron chi connectivity index (χ3n) is 7.95. The second kappa shape index (κ2) is 9.82. The van der Waals surface area contributed by atoms with Crippen LogP contribution in [0, 0.1) is 11.8 Å². The lowest BCUT2D eigenvalue weighted by Gasteiger charge is -2.11. The van der Waals surface area contributed by atoms with Crippen molar-refractivity contribution in [2.24, 2.45) is 11.8 Å². The summed E-state index contributed by atoms with van der Waals surface area (Å²) in [5.74, 6) is -4.21. The predicted molar refractivity (Wildman–Crippen MR) is 187 cm³/mol. The van der Waals surface area contributed by atoms with Crippen LogP contribution in [0.1, 0.15) is 36.7 Å². The Morgan fingerprint density at radius 1 is 0.630 bits per heavy atom. The van der Waals surface area contributed by atoms with E-state index in [1.165, 1.54) is 6.07 Å². The van der Waals surface area contributed by atoms with Crippen LogP contribution in [0.5, 0.6) is 0 Å². The third kappa shape index (κ3) is 4.18. The summed E-state index contributed by atoms with van der Waals surface area (Å²) in [7, 11) is 0. The fourth-order valence-electron chi connectivity index (χ4n) is 5.59. The summed E-state index contributed by atoms with van der Waals surface area (Å²) in [5.41, 5.74) is -0.374. The molecule has 216 valence electrons. The molecule has 2 unspecified atom stereocenters. The minimum atomic E-state index is -1.64. The average molecular weight is 608 g/mol. The molecule has 2 aliphatic carbocycles. The standard InChI is InChI=1S/C42H27N3O/c1-2-7-26-21-32(18-12-25(26)6-1)40-43-41(45-42(44-40)36-9-5-11-38-39(36)35-8-3-4-10-37(35)46-38)33-19-17-28-20-27(13-14-29(28)22-33)30-15-16-31-24-34(31)23-30/h1-23,31,34H,24H2/i1D,2D,3D,4D,5D,6D,7D,9D,10D,11D,12D,15D,16D,18D,21D,23D,31D,34D. The second-order valence-electron chi connectivity index (χ2n) is 10.8. The first-order valence-electron chi connectivity index (χ1n) is 23.3. The van der Waals surface area contributed by atoms with Crippen molar-refractivity contribution in [3.8, 4) is 34.2 Å². The van der Waals surface area contributed by atoms with Crippen molar-refractivity contribution in [1.29, 1.82) is 0 Å². The summed E-state index contributed by atoms with van der Waals surface area (Å²) in [4.78, 5) is 13.9. The highest BCUT2D eigenvalue weighted by atomic mass is 16.3. The van der Waals surface area contributed by atoms with Crippen molar-refractivity contribution in [2.45, 2.75) is 6.42 Å². The highest BCUT2D eigenvalue weighted by Gasteiger charge is 2.35. The summed E-state index contributed by atoms with van der Waals surface area (Å²) in [6.07, 6.45) is -0.0574. The van der Waals surface area contributed by atoms with Gasteiger partial charge in [-0.15, -0.1) is 0 Å². The molecule has 8 aromatic rings. The second-order valence-corrected chi connectivity index (χ2v) is 10.8. The molecule has 0 amide bonds. The van der Waals surface area contributed by atoms with Gasteiger partial charge in [0.15, 0.2) is 17.5 Å². The largest absolute Gasteiger partial charge is 0.456 e. The number of hydrogen-bond acceptors (Lipinski definition) is 4. The molecule has 10 rings (SSSR count). The molecular weight excluding hydrogens is 562 g/mol. The maximum absolute atomic E-state index is 9.26. The molecule has 4 heteroatoms. The molecule has 6 aromatic carbocycles. The maximum atomic E-state index is 9.26. The molecular formula is C42H27N3O. The molecule has 2 atom stereocenters. The van der Waals surface area contributed by atoms with Gasteiger partial charge in [0.25, 0.3) is 0 Å². The van der Waals surface area contributed by atoms with E-state index in [0.29, 0.717) is 16.3 Å². The number of rotatable bonds is 4. The number of para-hydroxylation sites is 1. The van der Waals surface area contributed by atoms with Crippen LogP contribution in [-0.4, -0.2) is 15.0 Å². The molecule has 0 radical (unpaired) electrons. The number of aromatic nitrogens is 3. The molecule has 2 aromatic heterocycles. The maximum Gasteiger partial charge on any atom is 0.164 e. The SMILES string of the molecule is [2H]C1=C([2H])C2([2H])CC2([2H])C([2H])=C1c1ccc2cc(-c3nc(-c4c([2H])c([2H])c5c([2H])c([2H])c([2H])c([2H])c5c4[2H])nc(-c4c([2H])c([2H])c([2H])c5oc6c([2H])c([2H])c([2H])cc6c45)n3)ccc2c1. The molecule has 2 aliphatic rings. The van der Waals surface area contributed by atoms with E-state index in [1.54, 1.807) is 36.4 Å². The number of furan rings is 1. The lowest BCUT2D eigenvalue weighted by Crippen LogP contribution is -2.00. The fourth-order valence-corrected chi connectivity index (χ4v) is 5.59. The van der Waals surface area contributed by atoms with Crippen molar-refractivity contribution in [3.05, 3.63) is 145 Å². The summed E-state index contributed by atoms with van der Waals surface area (Å²) < 4.78 is 161. The predicted octanol–water partition coefficient (Wildman–Crippen LogP) is 10.7. The van der Waals surface area contributed by atoms with E-state index >= 15 is 0 Å². The minimum Gasteiger partial charge on any atom is -0.456 e. The average Bonchev–Trinajstić information content (AvgIpc) is 3.69. The van der Waals surface area contributed by atoms with Crippen LogP contribution in [0.25, 0.3) is 83.2 Å². The third-order valence-corrected chi connectivity index (χ3v) is 7.95. The molecule has 0 bridgehead atoms. The number of allylic oxidation sites excluding steroid dienone is 4. The van der Waals surface area contributed by atoms with Crippen molar-refractivity contribution in [3.63, 3.8) is 0 Å². The first-order valence-corrected chi connectivity index (χ1v) is 14.3. The smallest absolute Gasteiger partial charge is 0.164 e. The van der Waals surface area contributed by atoms with E-state index in [4.69, 9.17) is 32.7 Å². The Kier molecular flexibility index (Phi) is 2.91. The number of nitrogens with zero attached hydrogens (tertiary/aromatic N) is 3. The van der Waals surface area contributed by atoms with E-state index < -0.39 is 95.7 Å². The molecule has 46 heavy (non-hydrogen) atoms. The Morgan fingerprint density at radius 2 is 1.39 bits per heavy atom. The normalized spacial score (nSPS) is 26.4. The molecule has 0 N–H and O–H groups in total. The molecule has 0 spiro atoms. The molecule has 1 saturated carbocycles. The van der Waals surface area contributed by atoms with Crippen molar-refractivity contribution in [2.75, 3.05) is 0 Å². The molecule has 1 fully saturated rings. The first kappa shape index (κ1) is 13.6. The van der Waals surface area contributed by atoms with Gasteiger partial charge in [0.2, 0.25) is 0 Å². The highest BCUT2D eigenvalue weighted by molar-refractivity contribution is 6.11. The summed E-state index contributed by atoms with van der Waals surface area (Å²) >= 11 is 0. The summed E-state index contributed by atoms with van der Waals surface area (Å²) in [5, 5.41) is 0.413. The van der Waals surface area contributed by atoms with E-state index in [0.717, 1.165) is 0 Å². The van der Waals surface area contributed by atoms with Gasteiger partial charge < -0.3 is 4.42 Å². The van der Waals surface area contributed by atoms with E-state index in [1.807, 2.05) is 0 Å². The quantitative estimate of drug-likeness (QED) is 0.200. The zero-order valence-corrected chi connectivity index (χ0v) is 23.5. The van der Waals surface area contributed by atoms with Crippen LogP contribution in [-0.2, 0) is 0 Å². The van der Waals surface area contributed by atoms with Crippen molar-refractivity contribution in [1.82, 2.24) is 15.0 Å². The zero-order chi connectivity index (χ0) is 46.0. The molecule has 0 aliphatic heterocycles. The topological polar surface area (TPSA) is 51.8 Å². The van der Waals surface area contributed by atoms with Gasteiger partial charge in [0.1, 0.15) is 11.2 Å². The monoisotopic (exact) mass is 607 g/mol. The van der Waals surface area contributed by atoms with Gasteiger partial charge in [-0.3, -0.25) is 0 Å². The van der Waals surface area contributed by atoms with Gasteiger partial charge in [0, 0.05) is 30.2 Å². The Morgan fingerprint density at radius 3 is 2.30 bits per heavy atom. The Labute approximate surface area is 290 Å². The minimum absolute atomic E-state index is 0.0408. The molecule has 0 saturated heterocycles. The van der Waals surface area contributed by atoms with Crippen LogP contribution in [0.3, 0.4) is 0 Å². The Balaban J connectivity index is 1.25. The van der Waals surface area contributed by atoms with E-state index in [-0.39, 0.29) is 91.7 Å². The van der Waals surface area contributed by atoms with Crippen LogP contribution >= 0.6 is 0 Å². The Hall–Kier alpha value is -5.87. The number of hydrogen-bond donors (Lipinski definition) is 0. The van der Waals surface area contributed by atoms with E-state index in [9.17, 15) is 1.37 Å². The lowest BCUT2D eigenvalue weighted by atomic mass is 9.96. The van der Waals surface area contributed by atoms with Gasteiger partial charge in [-0.1, -0.05) is 109 Å². The number of benzene rings is 6. The number of fused-ring (bicyclic) bond motifs is 6. The first-order chi connectivity index (χ1) is 30.1. The van der Waals surface area contributed by atoms with Gasteiger partial charge in [-0.2, -0.15) is 0 Å². The highest BCUT2D eigenvalue weighted by Crippen LogP contribution is 2.46. The van der Waals surface area contributed by atoms with Crippen molar-refractivity contribution < 1.29 is 29.1 Å². The van der Waals surface area contributed by atoms with Gasteiger partial charge >= 0.3 is 0 Å². The van der Waals surface area contributed by atoms with Crippen LogP contribution in [0.15, 0.2) is 144 Å². The van der Waals surface area contributed by atoms with Gasteiger partial charge in [0.05, 0.1) is 21.9 Å². The fraction of sp³-hybridized carbons (Fsp3) is 0.0714. The van der Waals surface area contributed by atoms with E-state index in [2.05, 4.69) is 9.97 Å².